The summed E-state index contributed by atoms with van der Waals surface area (Å²) in [4.78, 5) is 27.8. The van der Waals surface area contributed by atoms with Crippen LogP contribution in [0.5, 0.6) is 6.01 Å². The minimum Gasteiger partial charge on any atom is -0.478 e. The molecular formula is C25H20N4O6. The monoisotopic (exact) mass is 472 g/mol. The highest BCUT2D eigenvalue weighted by Crippen LogP contribution is 2.31. The van der Waals surface area contributed by atoms with Gasteiger partial charge in [-0.15, -0.1) is 0 Å². The molecule has 0 aliphatic carbocycles. The van der Waals surface area contributed by atoms with Crippen LogP contribution in [0.3, 0.4) is 0 Å². The molecular weight excluding hydrogens is 452 g/mol. The van der Waals surface area contributed by atoms with E-state index < -0.39 is 11.7 Å². The number of aromatic nitrogens is 4. The first kappa shape index (κ1) is 22.0. The molecule has 0 amide bonds. The Morgan fingerprint density at radius 1 is 1.03 bits per heavy atom. The second-order valence-electron chi connectivity index (χ2n) is 7.72. The highest BCUT2D eigenvalue weighted by Gasteiger charge is 2.19. The summed E-state index contributed by atoms with van der Waals surface area (Å²) in [6, 6.07) is 20.1. The lowest BCUT2D eigenvalue weighted by Crippen LogP contribution is -2.11. The molecule has 10 heteroatoms. The van der Waals surface area contributed by atoms with Crippen molar-refractivity contribution in [3.8, 4) is 28.5 Å². The van der Waals surface area contributed by atoms with E-state index in [4.69, 9.17) is 4.74 Å². The lowest BCUT2D eigenvalue weighted by atomic mass is 9.98. The second-order valence-corrected chi connectivity index (χ2v) is 7.72. The Balaban J connectivity index is 1.53. The zero-order valence-corrected chi connectivity index (χ0v) is 18.6. The maximum Gasteiger partial charge on any atom is 0.475 e. The summed E-state index contributed by atoms with van der Waals surface area (Å²) in [6.45, 7) is 2.58. The lowest BCUT2D eigenvalue weighted by Gasteiger charge is -2.12. The molecule has 176 valence electrons. The third-order valence-electron chi connectivity index (χ3n) is 5.59. The summed E-state index contributed by atoms with van der Waals surface area (Å²) in [5, 5.41) is 23.3. The number of hydrogen-bond donors (Lipinski definition) is 2. The van der Waals surface area contributed by atoms with Gasteiger partial charge in [-0.3, -0.25) is 9.09 Å². The van der Waals surface area contributed by atoms with E-state index in [2.05, 4.69) is 14.7 Å². The fraction of sp³-hybridized carbons (Fsp3) is 0.120. The van der Waals surface area contributed by atoms with Crippen molar-refractivity contribution >= 4 is 17.0 Å². The van der Waals surface area contributed by atoms with Crippen molar-refractivity contribution in [1.82, 2.24) is 19.4 Å². The van der Waals surface area contributed by atoms with Gasteiger partial charge in [0, 0.05) is 5.56 Å². The van der Waals surface area contributed by atoms with Crippen molar-refractivity contribution in [2.24, 2.45) is 0 Å². The van der Waals surface area contributed by atoms with Gasteiger partial charge >= 0.3 is 11.7 Å². The Labute approximate surface area is 198 Å². The molecule has 0 bridgehead atoms. The number of nitrogens with zero attached hydrogens (tertiary/aromatic N) is 4. The fourth-order valence-corrected chi connectivity index (χ4v) is 4.03. The van der Waals surface area contributed by atoms with Crippen LogP contribution in [0.2, 0.25) is 0 Å². The molecule has 0 aliphatic rings. The van der Waals surface area contributed by atoms with Gasteiger partial charge in [0.2, 0.25) is 5.82 Å². The van der Waals surface area contributed by atoms with E-state index in [1.165, 1.54) is 0 Å². The van der Waals surface area contributed by atoms with Crippen LogP contribution < -0.4 is 10.5 Å². The summed E-state index contributed by atoms with van der Waals surface area (Å²) < 4.78 is 12.4. The second kappa shape index (κ2) is 8.82. The molecule has 0 spiro atoms. The molecule has 5 rings (SSSR count). The first-order chi connectivity index (χ1) is 17.0. The number of carbonyl (C=O) groups is 1. The Bertz CT molecular complexity index is 1600. The number of imidazole rings is 1. The van der Waals surface area contributed by atoms with Gasteiger partial charge in [0.25, 0.3) is 6.01 Å². The maximum absolute atomic E-state index is 11.8. The topological polar surface area (TPSA) is 133 Å². The van der Waals surface area contributed by atoms with E-state index in [0.29, 0.717) is 40.5 Å². The van der Waals surface area contributed by atoms with E-state index in [1.807, 2.05) is 43.3 Å². The van der Waals surface area contributed by atoms with Crippen LogP contribution in [0.1, 0.15) is 22.8 Å². The molecule has 0 radical (unpaired) electrons. The van der Waals surface area contributed by atoms with Crippen molar-refractivity contribution < 1.29 is 24.4 Å². The third kappa shape index (κ3) is 3.90. The molecule has 2 aromatic heterocycles. The SMILES string of the molecule is CCOc1nc2cccc(C(=O)O)c2n1Cc1ccc(-c2ccccc2-c2noc(=O)n2O)cc1. The number of carboxylic acid groups (broad SMARTS) is 1. The van der Waals surface area contributed by atoms with Gasteiger partial charge in [0.05, 0.1) is 29.7 Å². The molecule has 5 aromatic rings. The zero-order valence-electron chi connectivity index (χ0n) is 18.6. The van der Waals surface area contributed by atoms with Crippen molar-refractivity contribution in [3.05, 3.63) is 88.4 Å². The van der Waals surface area contributed by atoms with Crippen molar-refractivity contribution in [2.75, 3.05) is 6.61 Å². The molecule has 0 unspecified atom stereocenters. The Morgan fingerprint density at radius 2 is 1.77 bits per heavy atom. The van der Waals surface area contributed by atoms with Crippen LogP contribution in [0, 0.1) is 0 Å². The average Bonchev–Trinajstić information content (AvgIpc) is 3.39. The molecule has 2 N–H and O–H groups in total. The molecule has 3 aromatic carbocycles. The molecule has 0 aliphatic heterocycles. The largest absolute Gasteiger partial charge is 0.478 e. The number of para-hydroxylation sites is 1. The highest BCUT2D eigenvalue weighted by atomic mass is 16.6. The van der Waals surface area contributed by atoms with Gasteiger partial charge in [-0.2, -0.15) is 4.98 Å². The standard InChI is InChI=1S/C25H20N4O6/c1-2-34-24-26-20-9-5-8-19(23(30)31)21(20)28(24)14-15-10-12-16(13-11-15)17-6-3-4-7-18(17)22-27-35-25(32)29(22)33/h3-13,33H,2,14H2,1H3,(H,30,31). The van der Waals surface area contributed by atoms with Gasteiger partial charge in [0.15, 0.2) is 0 Å². The molecule has 0 atom stereocenters. The van der Waals surface area contributed by atoms with Gasteiger partial charge in [-0.25, -0.2) is 9.59 Å². The lowest BCUT2D eigenvalue weighted by molar-refractivity contribution is 0.0698. The normalized spacial score (nSPS) is 11.1. The van der Waals surface area contributed by atoms with E-state index in [1.54, 1.807) is 34.9 Å². The first-order valence-electron chi connectivity index (χ1n) is 10.8. The molecule has 0 saturated carbocycles. The third-order valence-corrected chi connectivity index (χ3v) is 5.59. The minimum atomic E-state index is -1.04. The molecule has 0 fully saturated rings. The van der Waals surface area contributed by atoms with Crippen LogP contribution in [-0.4, -0.2) is 42.3 Å². The van der Waals surface area contributed by atoms with E-state index in [9.17, 15) is 19.9 Å². The summed E-state index contributed by atoms with van der Waals surface area (Å²) in [5.74, 6) is -2.01. The number of rotatable bonds is 7. The number of hydrogen-bond acceptors (Lipinski definition) is 7. The zero-order chi connectivity index (χ0) is 24.5. The Kier molecular flexibility index (Phi) is 5.54. The van der Waals surface area contributed by atoms with Crippen LogP contribution in [0.4, 0.5) is 0 Å². The Morgan fingerprint density at radius 3 is 2.43 bits per heavy atom. The molecule has 10 nitrogen and oxygen atoms in total. The summed E-state index contributed by atoms with van der Waals surface area (Å²) in [6.07, 6.45) is 0. The predicted octanol–water partition coefficient (Wildman–Crippen LogP) is 3.90. The van der Waals surface area contributed by atoms with Crippen molar-refractivity contribution in [3.63, 3.8) is 0 Å². The van der Waals surface area contributed by atoms with Crippen LogP contribution in [-0.2, 0) is 6.54 Å². The molecule has 35 heavy (non-hydrogen) atoms. The smallest absolute Gasteiger partial charge is 0.475 e. The molecule has 2 heterocycles. The number of carboxylic acids is 1. The van der Waals surface area contributed by atoms with Crippen molar-refractivity contribution in [2.45, 2.75) is 13.5 Å². The Hall–Kier alpha value is -4.86. The van der Waals surface area contributed by atoms with Crippen LogP contribution in [0.25, 0.3) is 33.5 Å². The summed E-state index contributed by atoms with van der Waals surface area (Å²) in [7, 11) is 0. The minimum absolute atomic E-state index is 0.00196. The highest BCUT2D eigenvalue weighted by molar-refractivity contribution is 6.01. The van der Waals surface area contributed by atoms with E-state index in [0.717, 1.165) is 16.7 Å². The van der Waals surface area contributed by atoms with Crippen molar-refractivity contribution in [1.29, 1.82) is 0 Å². The summed E-state index contributed by atoms with van der Waals surface area (Å²) in [5.41, 5.74) is 4.17. The van der Waals surface area contributed by atoms with E-state index in [-0.39, 0.29) is 11.4 Å². The van der Waals surface area contributed by atoms with E-state index >= 15 is 0 Å². The maximum atomic E-state index is 11.8. The van der Waals surface area contributed by atoms with Gasteiger partial charge in [0.1, 0.15) is 0 Å². The number of ether oxygens (including phenoxy) is 1. The molecule has 0 saturated heterocycles. The fourth-order valence-electron chi connectivity index (χ4n) is 4.03. The number of aromatic carboxylic acids is 1. The van der Waals surface area contributed by atoms with Crippen LogP contribution in [0.15, 0.2) is 76.0 Å². The summed E-state index contributed by atoms with van der Waals surface area (Å²) >= 11 is 0. The van der Waals surface area contributed by atoms with Gasteiger partial charge < -0.3 is 15.1 Å². The quantitative estimate of drug-likeness (QED) is 0.341. The van der Waals surface area contributed by atoms with Crippen LogP contribution >= 0.6 is 0 Å². The average molecular weight is 472 g/mol. The number of benzene rings is 3. The van der Waals surface area contributed by atoms with Gasteiger partial charge in [-0.05, 0) is 35.7 Å². The first-order valence-corrected chi connectivity index (χ1v) is 10.8. The number of fused-ring (bicyclic) bond motifs is 1. The van der Waals surface area contributed by atoms with Gasteiger partial charge in [-0.1, -0.05) is 64.5 Å². The predicted molar refractivity (Wildman–Crippen MR) is 126 cm³/mol.